The maximum Gasteiger partial charge on any atom is 0.221 e. The number of allylic oxidation sites excluding steroid dienone is 1. The molecule has 2 aromatic rings. The molecule has 0 aliphatic carbocycles. The van der Waals surface area contributed by atoms with Gasteiger partial charge in [-0.3, -0.25) is 9.59 Å². The third-order valence-corrected chi connectivity index (χ3v) is 3.01. The quantitative estimate of drug-likeness (QED) is 0.533. The lowest BCUT2D eigenvalue weighted by Crippen LogP contribution is -2.05. The Morgan fingerprint density at radius 2 is 1.70 bits per heavy atom. The van der Waals surface area contributed by atoms with Crippen LogP contribution in [0.25, 0.3) is 6.08 Å². The molecule has 0 atom stereocenters. The topological polar surface area (TPSA) is 70.0 Å². The fraction of sp³-hybridized carbons (Fsp3) is 0.0556. The molecule has 1 N–H and O–H groups in total. The van der Waals surface area contributed by atoms with Gasteiger partial charge in [0.15, 0.2) is 0 Å². The molecule has 0 spiro atoms. The lowest BCUT2D eigenvalue weighted by molar-refractivity contribution is -0.114. The molecule has 2 rings (SSSR count). The third-order valence-electron chi connectivity index (χ3n) is 3.01. The van der Waals surface area contributed by atoms with Crippen molar-refractivity contribution in [3.05, 3.63) is 71.0 Å². The van der Waals surface area contributed by atoms with Crippen molar-refractivity contribution >= 4 is 23.5 Å². The summed E-state index contributed by atoms with van der Waals surface area (Å²) in [7, 11) is 0. The van der Waals surface area contributed by atoms with Crippen LogP contribution < -0.4 is 5.32 Å². The van der Waals surface area contributed by atoms with Crippen LogP contribution in [0, 0.1) is 17.1 Å². The van der Waals surface area contributed by atoms with Gasteiger partial charge in [0.1, 0.15) is 17.5 Å². The van der Waals surface area contributed by atoms with Gasteiger partial charge in [-0.2, -0.15) is 5.26 Å². The Hall–Kier alpha value is -3.26. The van der Waals surface area contributed by atoms with E-state index in [4.69, 9.17) is 0 Å². The summed E-state index contributed by atoms with van der Waals surface area (Å²) in [6.07, 6.45) is 1.45. The molecule has 0 aliphatic rings. The minimum absolute atomic E-state index is 0.0520. The zero-order valence-electron chi connectivity index (χ0n) is 12.3. The molecule has 2 aromatic carbocycles. The number of nitrogens with one attached hydrogen (secondary N) is 1. The zero-order valence-corrected chi connectivity index (χ0v) is 12.3. The number of carbonyl (C=O) groups excluding carboxylic acids is 2. The molecule has 0 saturated carbocycles. The predicted octanol–water partition coefficient (Wildman–Crippen LogP) is 3.57. The Labute approximate surface area is 132 Å². The van der Waals surface area contributed by atoms with Gasteiger partial charge in [0.25, 0.3) is 0 Å². The molecule has 114 valence electrons. The van der Waals surface area contributed by atoms with E-state index < -0.39 is 11.6 Å². The van der Waals surface area contributed by atoms with Gasteiger partial charge in [0, 0.05) is 18.2 Å². The van der Waals surface area contributed by atoms with Crippen LogP contribution in [0.2, 0.25) is 0 Å². The smallest absolute Gasteiger partial charge is 0.221 e. The molecule has 5 heteroatoms. The molecule has 0 heterocycles. The van der Waals surface area contributed by atoms with Gasteiger partial charge in [-0.05, 0) is 48.0 Å². The van der Waals surface area contributed by atoms with Crippen molar-refractivity contribution in [1.82, 2.24) is 0 Å². The molecule has 23 heavy (non-hydrogen) atoms. The Morgan fingerprint density at radius 1 is 1.09 bits per heavy atom. The Balaban J connectivity index is 2.24. The van der Waals surface area contributed by atoms with Gasteiger partial charge in [-0.25, -0.2) is 4.39 Å². The highest BCUT2D eigenvalue weighted by molar-refractivity contribution is 6.14. The molecule has 0 bridgehead atoms. The molecular weight excluding hydrogens is 295 g/mol. The van der Waals surface area contributed by atoms with E-state index in [1.54, 1.807) is 24.3 Å². The van der Waals surface area contributed by atoms with E-state index in [1.807, 2.05) is 6.07 Å². The first-order valence-electron chi connectivity index (χ1n) is 6.79. The lowest BCUT2D eigenvalue weighted by Gasteiger charge is -2.03. The van der Waals surface area contributed by atoms with Gasteiger partial charge in [0.2, 0.25) is 11.7 Å². The second-order valence-electron chi connectivity index (χ2n) is 4.81. The Bertz CT molecular complexity index is 800. The van der Waals surface area contributed by atoms with Crippen molar-refractivity contribution < 1.29 is 14.0 Å². The van der Waals surface area contributed by atoms with Crippen LogP contribution in [0.3, 0.4) is 0 Å². The highest BCUT2D eigenvalue weighted by Gasteiger charge is 2.12. The number of hydrogen-bond donors (Lipinski definition) is 1. The van der Waals surface area contributed by atoms with Crippen molar-refractivity contribution in [2.75, 3.05) is 5.32 Å². The molecule has 1 amide bonds. The van der Waals surface area contributed by atoms with Gasteiger partial charge >= 0.3 is 0 Å². The number of rotatable bonds is 4. The van der Waals surface area contributed by atoms with Crippen LogP contribution in [-0.2, 0) is 4.79 Å². The summed E-state index contributed by atoms with van der Waals surface area (Å²) in [5, 5.41) is 11.8. The minimum atomic E-state index is -0.474. The highest BCUT2D eigenvalue weighted by atomic mass is 19.1. The van der Waals surface area contributed by atoms with E-state index >= 15 is 0 Å². The van der Waals surface area contributed by atoms with Gasteiger partial charge in [-0.1, -0.05) is 12.1 Å². The zero-order chi connectivity index (χ0) is 16.8. The van der Waals surface area contributed by atoms with E-state index in [1.165, 1.54) is 37.3 Å². The van der Waals surface area contributed by atoms with Crippen LogP contribution in [0.1, 0.15) is 22.8 Å². The number of Topliss-reactive ketones (excluding diaryl/α,β-unsaturated/α-hetero) is 1. The molecule has 4 nitrogen and oxygen atoms in total. The van der Waals surface area contributed by atoms with E-state index in [9.17, 15) is 19.2 Å². The summed E-state index contributed by atoms with van der Waals surface area (Å²) in [6, 6.07) is 13.6. The molecule has 0 aromatic heterocycles. The largest absolute Gasteiger partial charge is 0.326 e. The van der Waals surface area contributed by atoms with Gasteiger partial charge in [0.05, 0.1) is 0 Å². The van der Waals surface area contributed by atoms with Crippen LogP contribution >= 0.6 is 0 Å². The van der Waals surface area contributed by atoms with Gasteiger partial charge < -0.3 is 5.32 Å². The molecule has 0 saturated heterocycles. The lowest BCUT2D eigenvalue weighted by atomic mass is 10.0. The molecule has 0 unspecified atom stereocenters. The molecule has 0 radical (unpaired) electrons. The number of benzene rings is 2. The number of hydrogen-bond acceptors (Lipinski definition) is 3. The first-order chi connectivity index (χ1) is 11.0. The monoisotopic (exact) mass is 308 g/mol. The number of nitriles is 1. The third kappa shape index (κ3) is 4.35. The number of carbonyl (C=O) groups is 2. The second kappa shape index (κ2) is 7.14. The van der Waals surface area contributed by atoms with Crippen molar-refractivity contribution in [3.63, 3.8) is 0 Å². The minimum Gasteiger partial charge on any atom is -0.326 e. The van der Waals surface area contributed by atoms with Crippen molar-refractivity contribution in [2.24, 2.45) is 0 Å². The first-order valence-corrected chi connectivity index (χ1v) is 6.79. The molecule has 0 aliphatic heterocycles. The summed E-state index contributed by atoms with van der Waals surface area (Å²) in [5.74, 6) is -1.10. The summed E-state index contributed by atoms with van der Waals surface area (Å²) in [6.45, 7) is 1.41. The van der Waals surface area contributed by atoms with E-state index in [-0.39, 0.29) is 17.0 Å². The Kier molecular flexibility index (Phi) is 5.00. The highest BCUT2D eigenvalue weighted by Crippen LogP contribution is 2.15. The van der Waals surface area contributed by atoms with Crippen molar-refractivity contribution in [3.8, 4) is 6.07 Å². The van der Waals surface area contributed by atoms with Crippen LogP contribution in [0.4, 0.5) is 10.1 Å². The summed E-state index contributed by atoms with van der Waals surface area (Å²) < 4.78 is 12.9. The van der Waals surface area contributed by atoms with E-state index in [0.717, 1.165) is 0 Å². The molecular formula is C18H13FN2O2. The maximum atomic E-state index is 12.9. The second-order valence-corrected chi connectivity index (χ2v) is 4.81. The van der Waals surface area contributed by atoms with Crippen LogP contribution in [0.15, 0.2) is 54.1 Å². The number of anilines is 1. The first kappa shape index (κ1) is 16.1. The summed E-state index contributed by atoms with van der Waals surface area (Å²) in [5.41, 5.74) is 1.46. The average molecular weight is 308 g/mol. The van der Waals surface area contributed by atoms with E-state index in [0.29, 0.717) is 11.3 Å². The SMILES string of the molecule is CC(=O)Nc1ccc(/C=C(\C#N)C(=O)c2ccc(F)cc2)cc1. The predicted molar refractivity (Wildman–Crippen MR) is 85.1 cm³/mol. The van der Waals surface area contributed by atoms with Crippen LogP contribution in [-0.4, -0.2) is 11.7 Å². The van der Waals surface area contributed by atoms with Crippen molar-refractivity contribution in [2.45, 2.75) is 6.92 Å². The van der Waals surface area contributed by atoms with Gasteiger partial charge in [-0.15, -0.1) is 0 Å². The number of ketones is 1. The number of halogens is 1. The van der Waals surface area contributed by atoms with E-state index in [2.05, 4.69) is 5.32 Å². The van der Waals surface area contributed by atoms with Crippen LogP contribution in [0.5, 0.6) is 0 Å². The Morgan fingerprint density at radius 3 is 2.22 bits per heavy atom. The fourth-order valence-electron chi connectivity index (χ4n) is 1.94. The average Bonchev–Trinajstić information content (AvgIpc) is 2.53. The standard InChI is InChI=1S/C18H13FN2O2/c1-12(22)21-17-8-2-13(3-9-17)10-15(11-20)18(23)14-4-6-16(19)7-5-14/h2-10H,1H3,(H,21,22)/b15-10+. The molecule has 0 fully saturated rings. The summed E-state index contributed by atoms with van der Waals surface area (Å²) in [4.78, 5) is 23.2. The maximum absolute atomic E-state index is 12.9. The summed E-state index contributed by atoms with van der Waals surface area (Å²) >= 11 is 0. The van der Waals surface area contributed by atoms with Crippen molar-refractivity contribution in [1.29, 1.82) is 5.26 Å². The number of amides is 1. The fourth-order valence-corrected chi connectivity index (χ4v) is 1.94. The normalized spacial score (nSPS) is 10.7. The number of nitrogens with zero attached hydrogens (tertiary/aromatic N) is 1.